The maximum atomic E-state index is 10.5. The van der Waals surface area contributed by atoms with Gasteiger partial charge in [-0.25, -0.2) is 0 Å². The van der Waals surface area contributed by atoms with Crippen molar-refractivity contribution in [1.82, 2.24) is 0 Å². The minimum Gasteiger partial charge on any atom is -0.393 e. The van der Waals surface area contributed by atoms with E-state index in [-0.39, 0.29) is 37.2 Å². The van der Waals surface area contributed by atoms with E-state index < -0.39 is 30.5 Å². The van der Waals surface area contributed by atoms with E-state index in [2.05, 4.69) is 0 Å². The van der Waals surface area contributed by atoms with Gasteiger partial charge in [-0.05, 0) is 61.5 Å². The summed E-state index contributed by atoms with van der Waals surface area (Å²) in [6.07, 6.45) is 2.10. The van der Waals surface area contributed by atoms with Gasteiger partial charge < -0.3 is 30.6 Å². The molecule has 6 heteroatoms. The second-order valence-electron chi connectivity index (χ2n) is 10.1. The highest BCUT2D eigenvalue weighted by atomic mass is 16.3. The van der Waals surface area contributed by atoms with E-state index in [0.717, 1.165) is 17.6 Å². The van der Waals surface area contributed by atoms with Gasteiger partial charge in [0.25, 0.3) is 0 Å². The van der Waals surface area contributed by atoms with Crippen LogP contribution in [0, 0.1) is 23.7 Å². The topological polar surface area (TPSA) is 121 Å². The fraction of sp³-hybridized carbons (Fsp3) is 0.846. The SMILES string of the molecule is CC/C(=C\CO)C(O)C(C)CC(C)/C=C(\C)C(O)C[C@H](O)CC(O)C(C)[C@@H](O)CC(C)C. The van der Waals surface area contributed by atoms with E-state index in [1.54, 1.807) is 13.0 Å². The van der Waals surface area contributed by atoms with E-state index in [4.69, 9.17) is 5.11 Å². The Bertz CT molecular complexity index is 559. The molecule has 0 rings (SSSR count). The van der Waals surface area contributed by atoms with Gasteiger partial charge in [-0.2, -0.15) is 0 Å². The van der Waals surface area contributed by atoms with Crippen LogP contribution in [0.25, 0.3) is 0 Å². The van der Waals surface area contributed by atoms with E-state index in [9.17, 15) is 25.5 Å². The van der Waals surface area contributed by atoms with Crippen LogP contribution in [0.1, 0.15) is 80.6 Å². The summed E-state index contributed by atoms with van der Waals surface area (Å²) in [6, 6.07) is 0. The monoisotopic (exact) mass is 458 g/mol. The molecule has 0 spiro atoms. The Kier molecular flexibility index (Phi) is 15.6. The molecule has 0 amide bonds. The number of aliphatic hydroxyl groups excluding tert-OH is 6. The summed E-state index contributed by atoms with van der Waals surface area (Å²) < 4.78 is 0. The lowest BCUT2D eigenvalue weighted by Crippen LogP contribution is -2.34. The zero-order valence-electron chi connectivity index (χ0n) is 21.3. The first kappa shape index (κ1) is 31.2. The van der Waals surface area contributed by atoms with E-state index >= 15 is 0 Å². The van der Waals surface area contributed by atoms with Crippen molar-refractivity contribution in [3.05, 3.63) is 23.3 Å². The van der Waals surface area contributed by atoms with Crippen molar-refractivity contribution in [2.75, 3.05) is 6.61 Å². The van der Waals surface area contributed by atoms with Crippen LogP contribution in [0.2, 0.25) is 0 Å². The predicted molar refractivity (Wildman–Crippen MR) is 130 cm³/mol. The lowest BCUT2D eigenvalue weighted by molar-refractivity contribution is -0.0194. The smallest absolute Gasteiger partial charge is 0.0776 e. The summed E-state index contributed by atoms with van der Waals surface area (Å²) >= 11 is 0. The highest BCUT2D eigenvalue weighted by Gasteiger charge is 2.26. The Balaban J connectivity index is 4.75. The molecule has 0 bridgehead atoms. The highest BCUT2D eigenvalue weighted by Crippen LogP contribution is 2.25. The number of hydrogen-bond acceptors (Lipinski definition) is 6. The highest BCUT2D eigenvalue weighted by molar-refractivity contribution is 5.10. The molecule has 0 aliphatic heterocycles. The fourth-order valence-electron chi connectivity index (χ4n) is 4.29. The van der Waals surface area contributed by atoms with Crippen molar-refractivity contribution in [1.29, 1.82) is 0 Å². The van der Waals surface area contributed by atoms with Gasteiger partial charge in [0.15, 0.2) is 0 Å². The summed E-state index contributed by atoms with van der Waals surface area (Å²) in [5.41, 5.74) is 1.59. The molecule has 0 aliphatic carbocycles. The number of hydrogen-bond donors (Lipinski definition) is 6. The molecule has 0 saturated carbocycles. The summed E-state index contributed by atoms with van der Waals surface area (Å²) in [4.78, 5) is 0. The normalized spacial score (nSPS) is 21.1. The number of allylic oxidation sites excluding steroid dienone is 1. The predicted octanol–water partition coefficient (Wildman–Crippen LogP) is 3.19. The van der Waals surface area contributed by atoms with Crippen LogP contribution in [0.4, 0.5) is 0 Å². The molecule has 8 atom stereocenters. The van der Waals surface area contributed by atoms with E-state index in [1.165, 1.54) is 0 Å². The van der Waals surface area contributed by atoms with E-state index in [0.29, 0.717) is 18.8 Å². The van der Waals surface area contributed by atoms with Gasteiger partial charge in [0, 0.05) is 12.3 Å². The van der Waals surface area contributed by atoms with Gasteiger partial charge in [-0.3, -0.25) is 0 Å². The first-order chi connectivity index (χ1) is 14.8. The lowest BCUT2D eigenvalue weighted by Gasteiger charge is -2.27. The first-order valence-corrected chi connectivity index (χ1v) is 12.2. The summed E-state index contributed by atoms with van der Waals surface area (Å²) in [5.74, 6) is 0.102. The van der Waals surface area contributed by atoms with Crippen LogP contribution in [0.15, 0.2) is 23.3 Å². The molecular weight excluding hydrogens is 408 g/mol. The third-order valence-corrected chi connectivity index (χ3v) is 6.43. The van der Waals surface area contributed by atoms with Crippen molar-refractivity contribution in [2.24, 2.45) is 23.7 Å². The van der Waals surface area contributed by atoms with Crippen LogP contribution in [0.3, 0.4) is 0 Å². The molecule has 0 aromatic heterocycles. The van der Waals surface area contributed by atoms with Crippen molar-refractivity contribution >= 4 is 0 Å². The van der Waals surface area contributed by atoms with Gasteiger partial charge >= 0.3 is 0 Å². The average Bonchev–Trinajstić information content (AvgIpc) is 2.69. The second kappa shape index (κ2) is 16.0. The molecule has 0 saturated heterocycles. The molecule has 0 fully saturated rings. The zero-order valence-corrected chi connectivity index (χ0v) is 21.3. The molecule has 190 valence electrons. The molecular formula is C26H50O6. The minimum absolute atomic E-state index is 0.00318. The van der Waals surface area contributed by atoms with E-state index in [1.807, 2.05) is 47.6 Å². The maximum absolute atomic E-state index is 10.5. The molecule has 0 aliphatic rings. The minimum atomic E-state index is -0.871. The van der Waals surface area contributed by atoms with Crippen molar-refractivity contribution < 1.29 is 30.6 Å². The second-order valence-corrected chi connectivity index (χ2v) is 10.1. The first-order valence-electron chi connectivity index (χ1n) is 12.2. The molecule has 0 aromatic carbocycles. The third kappa shape index (κ3) is 11.9. The summed E-state index contributed by atoms with van der Waals surface area (Å²) in [7, 11) is 0. The molecule has 6 N–H and O–H groups in total. The Morgan fingerprint density at radius 2 is 1.38 bits per heavy atom. The van der Waals surface area contributed by atoms with Crippen LogP contribution < -0.4 is 0 Å². The lowest BCUT2D eigenvalue weighted by atomic mass is 9.86. The third-order valence-electron chi connectivity index (χ3n) is 6.43. The molecule has 32 heavy (non-hydrogen) atoms. The molecule has 0 heterocycles. The van der Waals surface area contributed by atoms with Gasteiger partial charge in [0.1, 0.15) is 0 Å². The summed E-state index contributed by atoms with van der Waals surface area (Å²) in [5, 5.41) is 61.0. The molecule has 6 nitrogen and oxygen atoms in total. The molecule has 6 unspecified atom stereocenters. The number of aliphatic hydroxyl groups is 6. The van der Waals surface area contributed by atoms with Crippen molar-refractivity contribution in [2.45, 2.75) is 111 Å². The number of rotatable bonds is 16. The molecule has 0 aromatic rings. The van der Waals surface area contributed by atoms with Gasteiger partial charge in [0.05, 0.1) is 37.1 Å². The van der Waals surface area contributed by atoms with Gasteiger partial charge in [0.2, 0.25) is 0 Å². The molecule has 0 radical (unpaired) electrons. The van der Waals surface area contributed by atoms with Crippen molar-refractivity contribution in [3.63, 3.8) is 0 Å². The average molecular weight is 459 g/mol. The van der Waals surface area contributed by atoms with Gasteiger partial charge in [-0.15, -0.1) is 0 Å². The van der Waals surface area contributed by atoms with Crippen LogP contribution >= 0.6 is 0 Å². The Morgan fingerprint density at radius 3 is 1.88 bits per heavy atom. The van der Waals surface area contributed by atoms with Crippen LogP contribution in [-0.2, 0) is 0 Å². The largest absolute Gasteiger partial charge is 0.393 e. The quantitative estimate of drug-likeness (QED) is 0.198. The Morgan fingerprint density at radius 1 is 0.812 bits per heavy atom. The van der Waals surface area contributed by atoms with Crippen molar-refractivity contribution in [3.8, 4) is 0 Å². The Labute approximate surface area is 195 Å². The van der Waals surface area contributed by atoms with Gasteiger partial charge in [-0.1, -0.05) is 53.7 Å². The fourth-order valence-corrected chi connectivity index (χ4v) is 4.29. The Hall–Kier alpha value is -0.760. The summed E-state index contributed by atoms with van der Waals surface area (Å²) in [6.45, 7) is 13.5. The van der Waals surface area contributed by atoms with Crippen LogP contribution in [0.5, 0.6) is 0 Å². The maximum Gasteiger partial charge on any atom is 0.0776 e. The zero-order chi connectivity index (χ0) is 25.0. The van der Waals surface area contributed by atoms with Crippen LogP contribution in [-0.4, -0.2) is 67.8 Å². The standard InChI is InChI=1S/C26H50O6/c1-8-21(9-10-27)26(32)19(6)13-17(4)12-18(5)23(29)14-22(28)15-25(31)20(7)24(30)11-16(2)3/h9,12,16-17,19-20,22-32H,8,10-11,13-15H2,1-7H3/b18-12+,21-9+/t17?,19?,20?,22-,23?,24-,25?,26?/m0/s1.